The quantitative estimate of drug-likeness (QED) is 0.857. The lowest BCUT2D eigenvalue weighted by Gasteiger charge is -2.29. The van der Waals surface area contributed by atoms with Gasteiger partial charge in [0.25, 0.3) is 5.91 Å². The van der Waals surface area contributed by atoms with Gasteiger partial charge >= 0.3 is 0 Å². The van der Waals surface area contributed by atoms with E-state index in [-0.39, 0.29) is 12.0 Å². The van der Waals surface area contributed by atoms with Crippen molar-refractivity contribution in [3.8, 4) is 0 Å². The minimum atomic E-state index is -0.514. The molecule has 1 N–H and O–H groups in total. The Hall–Kier alpha value is -1.66. The number of rotatable bonds is 6. The number of aromatic nitrogens is 1. The van der Waals surface area contributed by atoms with Gasteiger partial charge in [-0.3, -0.25) is 4.79 Å². The van der Waals surface area contributed by atoms with Gasteiger partial charge in [-0.05, 0) is 57.6 Å². The van der Waals surface area contributed by atoms with Crippen LogP contribution in [-0.2, 0) is 14.3 Å². The van der Waals surface area contributed by atoms with Crippen LogP contribution in [0.2, 0.25) is 0 Å². The number of amides is 1. The molecule has 3 heterocycles. The van der Waals surface area contributed by atoms with Gasteiger partial charge in [0.15, 0.2) is 5.82 Å². The molecule has 2 aliphatic heterocycles. The summed E-state index contributed by atoms with van der Waals surface area (Å²) < 4.78 is 11.4. The van der Waals surface area contributed by atoms with Crippen LogP contribution >= 0.6 is 0 Å². The average molecular weight is 347 g/mol. The van der Waals surface area contributed by atoms with Crippen molar-refractivity contribution in [3.63, 3.8) is 0 Å². The smallest absolute Gasteiger partial charge is 0.253 e. The Kier molecular flexibility index (Phi) is 6.64. The highest BCUT2D eigenvalue weighted by molar-refractivity contribution is 5.96. The van der Waals surface area contributed by atoms with Crippen molar-refractivity contribution in [2.45, 2.75) is 57.7 Å². The first-order valence-corrected chi connectivity index (χ1v) is 9.48. The summed E-state index contributed by atoms with van der Waals surface area (Å²) in [5.74, 6) is 0.723. The summed E-state index contributed by atoms with van der Waals surface area (Å²) in [6.45, 7) is 5.04. The molecule has 138 valence electrons. The molecule has 0 aromatic carbocycles. The summed E-state index contributed by atoms with van der Waals surface area (Å²) in [5, 5.41) is 2.99. The fraction of sp³-hybridized carbons (Fsp3) is 0.684. The fourth-order valence-corrected chi connectivity index (χ4v) is 3.35. The predicted molar refractivity (Wildman–Crippen MR) is 97.9 cm³/mol. The Morgan fingerprint density at radius 2 is 2.20 bits per heavy atom. The second-order valence-electron chi connectivity index (χ2n) is 6.88. The van der Waals surface area contributed by atoms with Crippen molar-refractivity contribution in [3.05, 3.63) is 18.3 Å². The Morgan fingerprint density at radius 3 is 2.96 bits per heavy atom. The maximum atomic E-state index is 12.5. The Bertz CT molecular complexity index is 555. The van der Waals surface area contributed by atoms with Gasteiger partial charge in [-0.1, -0.05) is 0 Å². The summed E-state index contributed by atoms with van der Waals surface area (Å²) in [4.78, 5) is 19.2. The van der Waals surface area contributed by atoms with Crippen LogP contribution in [0, 0.1) is 0 Å². The number of hydrogen-bond acceptors (Lipinski definition) is 5. The third-order valence-corrected chi connectivity index (χ3v) is 4.88. The molecule has 0 bridgehead atoms. The highest BCUT2D eigenvalue weighted by Crippen LogP contribution is 2.26. The molecule has 0 aliphatic carbocycles. The summed E-state index contributed by atoms with van der Waals surface area (Å²) >= 11 is 0. The van der Waals surface area contributed by atoms with Crippen LogP contribution in [0.3, 0.4) is 0 Å². The van der Waals surface area contributed by atoms with Crippen LogP contribution in [0.5, 0.6) is 0 Å². The number of nitrogens with zero attached hydrogens (tertiary/aromatic N) is 2. The second-order valence-corrected chi connectivity index (χ2v) is 6.88. The number of nitrogens with one attached hydrogen (secondary N) is 1. The van der Waals surface area contributed by atoms with Gasteiger partial charge in [0, 0.05) is 25.9 Å². The molecule has 2 fully saturated rings. The van der Waals surface area contributed by atoms with E-state index in [1.54, 1.807) is 13.1 Å². The van der Waals surface area contributed by atoms with Crippen molar-refractivity contribution >= 4 is 17.4 Å². The van der Waals surface area contributed by atoms with E-state index < -0.39 is 6.10 Å². The minimum Gasteiger partial charge on any atom is -0.376 e. The number of carbonyl (C=O) groups excluding carboxylic acids is 1. The molecule has 2 atom stereocenters. The zero-order valence-corrected chi connectivity index (χ0v) is 15.1. The van der Waals surface area contributed by atoms with E-state index in [2.05, 4.69) is 15.2 Å². The molecule has 1 aromatic rings. The molecule has 6 heteroatoms. The average Bonchev–Trinajstić information content (AvgIpc) is 2.68. The van der Waals surface area contributed by atoms with E-state index >= 15 is 0 Å². The SMILES string of the molecule is CC(OCC1CCCCO1)C(=O)Nc1cccnc1N1CCCCC1. The van der Waals surface area contributed by atoms with Crippen LogP contribution in [0.4, 0.5) is 11.5 Å². The van der Waals surface area contributed by atoms with E-state index in [1.165, 1.54) is 25.7 Å². The summed E-state index contributed by atoms with van der Waals surface area (Å²) in [5.41, 5.74) is 0.763. The second kappa shape index (κ2) is 9.15. The Labute approximate surface area is 149 Å². The molecule has 1 aromatic heterocycles. The van der Waals surface area contributed by atoms with E-state index in [0.717, 1.165) is 44.0 Å². The van der Waals surface area contributed by atoms with Gasteiger partial charge in [-0.25, -0.2) is 4.98 Å². The molecule has 0 spiro atoms. The molecule has 25 heavy (non-hydrogen) atoms. The zero-order chi connectivity index (χ0) is 17.5. The number of piperidine rings is 1. The summed E-state index contributed by atoms with van der Waals surface area (Å²) in [6, 6.07) is 3.76. The van der Waals surface area contributed by atoms with Crippen molar-refractivity contribution in [1.29, 1.82) is 0 Å². The monoisotopic (exact) mass is 347 g/mol. The molecule has 2 saturated heterocycles. The van der Waals surface area contributed by atoms with E-state index in [9.17, 15) is 4.79 Å². The first kappa shape index (κ1) is 18.1. The van der Waals surface area contributed by atoms with Crippen LogP contribution in [0.1, 0.15) is 45.4 Å². The third-order valence-electron chi connectivity index (χ3n) is 4.88. The lowest BCUT2D eigenvalue weighted by atomic mass is 10.1. The van der Waals surface area contributed by atoms with Gasteiger partial charge in [0.2, 0.25) is 0 Å². The summed E-state index contributed by atoms with van der Waals surface area (Å²) in [7, 11) is 0. The Morgan fingerprint density at radius 1 is 1.36 bits per heavy atom. The third kappa shape index (κ3) is 5.16. The Balaban J connectivity index is 1.54. The number of anilines is 2. The lowest BCUT2D eigenvalue weighted by molar-refractivity contribution is -0.130. The number of hydrogen-bond donors (Lipinski definition) is 1. The van der Waals surface area contributed by atoms with E-state index in [4.69, 9.17) is 9.47 Å². The van der Waals surface area contributed by atoms with E-state index in [1.807, 2.05) is 12.1 Å². The molecular weight excluding hydrogens is 318 g/mol. The molecule has 2 aliphatic rings. The standard InChI is InChI=1S/C19H29N3O3/c1-15(25-14-16-8-3-6-13-24-16)19(23)21-17-9-7-10-20-18(17)22-11-4-2-5-12-22/h7,9-10,15-16H,2-6,8,11-14H2,1H3,(H,21,23). The first-order valence-electron chi connectivity index (χ1n) is 9.48. The minimum absolute atomic E-state index is 0.117. The molecule has 0 radical (unpaired) electrons. The van der Waals surface area contributed by atoms with Crippen molar-refractivity contribution in [2.24, 2.45) is 0 Å². The number of pyridine rings is 1. The molecule has 0 saturated carbocycles. The number of ether oxygens (including phenoxy) is 2. The molecule has 6 nitrogen and oxygen atoms in total. The van der Waals surface area contributed by atoms with Crippen LogP contribution in [0.15, 0.2) is 18.3 Å². The molecule has 2 unspecified atom stereocenters. The normalized spacial score (nSPS) is 22.4. The topological polar surface area (TPSA) is 63.7 Å². The highest BCUT2D eigenvalue weighted by Gasteiger charge is 2.21. The van der Waals surface area contributed by atoms with Crippen molar-refractivity contribution < 1.29 is 14.3 Å². The first-order chi connectivity index (χ1) is 12.2. The fourth-order valence-electron chi connectivity index (χ4n) is 3.35. The predicted octanol–water partition coefficient (Wildman–Crippen LogP) is 2.98. The molecular formula is C19H29N3O3. The maximum Gasteiger partial charge on any atom is 0.253 e. The highest BCUT2D eigenvalue weighted by atomic mass is 16.5. The maximum absolute atomic E-state index is 12.5. The number of carbonyl (C=O) groups is 1. The largest absolute Gasteiger partial charge is 0.376 e. The van der Waals surface area contributed by atoms with Crippen molar-refractivity contribution in [2.75, 3.05) is 36.5 Å². The van der Waals surface area contributed by atoms with Gasteiger partial charge in [0.05, 0.1) is 18.4 Å². The van der Waals surface area contributed by atoms with Gasteiger partial charge < -0.3 is 19.7 Å². The summed E-state index contributed by atoms with van der Waals surface area (Å²) in [6.07, 6.45) is 8.28. The van der Waals surface area contributed by atoms with Gasteiger partial charge in [-0.15, -0.1) is 0 Å². The van der Waals surface area contributed by atoms with Crippen LogP contribution in [0.25, 0.3) is 0 Å². The van der Waals surface area contributed by atoms with Gasteiger partial charge in [0.1, 0.15) is 6.10 Å². The van der Waals surface area contributed by atoms with E-state index in [0.29, 0.717) is 6.61 Å². The molecule has 3 rings (SSSR count). The lowest BCUT2D eigenvalue weighted by Crippen LogP contribution is -2.34. The van der Waals surface area contributed by atoms with Crippen molar-refractivity contribution in [1.82, 2.24) is 4.98 Å². The van der Waals surface area contributed by atoms with Crippen LogP contribution in [-0.4, -0.2) is 49.4 Å². The zero-order valence-electron chi connectivity index (χ0n) is 15.1. The van der Waals surface area contributed by atoms with Crippen LogP contribution < -0.4 is 10.2 Å². The molecule has 1 amide bonds. The van der Waals surface area contributed by atoms with Gasteiger partial charge in [-0.2, -0.15) is 0 Å².